The van der Waals surface area contributed by atoms with Gasteiger partial charge >= 0.3 is 0 Å². The summed E-state index contributed by atoms with van der Waals surface area (Å²) in [6, 6.07) is 12.3. The van der Waals surface area contributed by atoms with Gasteiger partial charge in [-0.3, -0.25) is 4.79 Å². The topological polar surface area (TPSA) is 123 Å². The molecule has 0 radical (unpaired) electrons. The highest BCUT2D eigenvalue weighted by molar-refractivity contribution is 5.92. The van der Waals surface area contributed by atoms with E-state index in [0.717, 1.165) is 18.5 Å². The van der Waals surface area contributed by atoms with Crippen LogP contribution in [0.15, 0.2) is 40.9 Å². The van der Waals surface area contributed by atoms with Gasteiger partial charge < -0.3 is 19.9 Å². The third-order valence-corrected chi connectivity index (χ3v) is 4.92. The van der Waals surface area contributed by atoms with E-state index >= 15 is 0 Å². The lowest BCUT2D eigenvalue weighted by Gasteiger charge is -2.30. The monoisotopic (exact) mass is 406 g/mol. The first-order chi connectivity index (χ1) is 14.5. The fraction of sp³-hybridized carbons (Fsp3) is 0.333. The molecule has 0 bridgehead atoms. The van der Waals surface area contributed by atoms with Crippen LogP contribution >= 0.6 is 0 Å². The van der Waals surface area contributed by atoms with Crippen LogP contribution in [0.1, 0.15) is 40.3 Å². The Balaban J connectivity index is 1.63. The molecule has 1 amide bonds. The van der Waals surface area contributed by atoms with Gasteiger partial charge in [0, 0.05) is 31.3 Å². The van der Waals surface area contributed by atoms with Crippen LogP contribution in [0.5, 0.6) is 5.88 Å². The van der Waals surface area contributed by atoms with E-state index < -0.39 is 0 Å². The Bertz CT molecular complexity index is 1080. The SMILES string of the molecule is Cc1cc(COc2cc(C(=O)N3CCC[C@H](N)C3)nn2-c2ccc(C#N)cc2)on1. The number of aromatic nitrogens is 3. The first-order valence-electron chi connectivity index (χ1n) is 9.74. The van der Waals surface area contributed by atoms with Crippen molar-refractivity contribution < 1.29 is 14.1 Å². The molecule has 0 unspecified atom stereocenters. The summed E-state index contributed by atoms with van der Waals surface area (Å²) < 4.78 is 12.6. The molecule has 1 aromatic carbocycles. The highest BCUT2D eigenvalue weighted by Gasteiger charge is 2.26. The number of carbonyl (C=O) groups excluding carboxylic acids is 1. The number of benzene rings is 1. The van der Waals surface area contributed by atoms with Crippen LogP contribution in [0.4, 0.5) is 0 Å². The average Bonchev–Trinajstić information content (AvgIpc) is 3.38. The molecule has 9 nitrogen and oxygen atoms in total. The van der Waals surface area contributed by atoms with Crippen LogP contribution < -0.4 is 10.5 Å². The molecule has 1 atom stereocenters. The Morgan fingerprint density at radius 3 is 2.83 bits per heavy atom. The summed E-state index contributed by atoms with van der Waals surface area (Å²) in [5, 5.41) is 17.4. The summed E-state index contributed by atoms with van der Waals surface area (Å²) in [5.74, 6) is 0.770. The quantitative estimate of drug-likeness (QED) is 0.689. The molecule has 3 aromatic rings. The summed E-state index contributed by atoms with van der Waals surface area (Å²) in [7, 11) is 0. The lowest BCUT2D eigenvalue weighted by Crippen LogP contribution is -2.45. The van der Waals surface area contributed by atoms with Gasteiger partial charge in [0.05, 0.1) is 23.0 Å². The minimum absolute atomic E-state index is 0.0197. The smallest absolute Gasteiger partial charge is 0.274 e. The number of aryl methyl sites for hydroxylation is 1. The second-order valence-electron chi connectivity index (χ2n) is 7.32. The number of rotatable bonds is 5. The number of nitrogens with two attached hydrogens (primary N) is 1. The molecule has 0 aliphatic carbocycles. The number of nitrogens with zero attached hydrogens (tertiary/aromatic N) is 5. The lowest BCUT2D eigenvalue weighted by atomic mass is 10.1. The second kappa shape index (κ2) is 8.39. The molecular weight excluding hydrogens is 384 g/mol. The van der Waals surface area contributed by atoms with Gasteiger partial charge in [-0.05, 0) is 44.0 Å². The number of likely N-dealkylation sites (tertiary alicyclic amines) is 1. The maximum Gasteiger partial charge on any atom is 0.274 e. The average molecular weight is 406 g/mol. The van der Waals surface area contributed by atoms with Gasteiger partial charge in [0.15, 0.2) is 18.1 Å². The molecule has 2 N–H and O–H groups in total. The minimum atomic E-state index is -0.182. The first-order valence-corrected chi connectivity index (χ1v) is 9.74. The molecule has 2 aromatic heterocycles. The van der Waals surface area contributed by atoms with Crippen molar-refractivity contribution in [1.82, 2.24) is 19.8 Å². The molecule has 4 rings (SSSR count). The summed E-state index contributed by atoms with van der Waals surface area (Å²) in [6.45, 7) is 3.14. The van der Waals surface area contributed by atoms with Crippen LogP contribution in [0, 0.1) is 18.3 Å². The van der Waals surface area contributed by atoms with Gasteiger partial charge in [0.1, 0.15) is 0 Å². The summed E-state index contributed by atoms with van der Waals surface area (Å²) in [4.78, 5) is 14.7. The van der Waals surface area contributed by atoms with E-state index in [1.165, 1.54) is 0 Å². The van der Waals surface area contributed by atoms with Gasteiger partial charge in [-0.25, -0.2) is 4.68 Å². The van der Waals surface area contributed by atoms with Crippen LogP contribution in [0.2, 0.25) is 0 Å². The Morgan fingerprint density at radius 1 is 1.37 bits per heavy atom. The van der Waals surface area contributed by atoms with Crippen molar-refractivity contribution in [3.05, 3.63) is 59.1 Å². The predicted molar refractivity (Wildman–Crippen MR) is 107 cm³/mol. The van der Waals surface area contributed by atoms with Crippen LogP contribution in [0.3, 0.4) is 0 Å². The minimum Gasteiger partial charge on any atom is -0.469 e. The Hall–Kier alpha value is -3.64. The van der Waals surface area contributed by atoms with Crippen molar-refractivity contribution in [2.45, 2.75) is 32.4 Å². The Kier molecular flexibility index (Phi) is 5.50. The van der Waals surface area contributed by atoms with E-state index in [2.05, 4.69) is 16.3 Å². The molecule has 30 heavy (non-hydrogen) atoms. The molecule has 9 heteroatoms. The van der Waals surface area contributed by atoms with E-state index in [1.54, 1.807) is 46.0 Å². The summed E-state index contributed by atoms with van der Waals surface area (Å²) in [6.07, 6.45) is 1.78. The number of hydrogen-bond donors (Lipinski definition) is 1. The largest absolute Gasteiger partial charge is 0.469 e. The Morgan fingerprint density at radius 2 is 2.17 bits per heavy atom. The molecule has 1 aliphatic rings. The highest BCUT2D eigenvalue weighted by Crippen LogP contribution is 2.23. The fourth-order valence-electron chi connectivity index (χ4n) is 3.42. The number of piperidine rings is 1. The van der Waals surface area contributed by atoms with Gasteiger partial charge in [-0.15, -0.1) is 0 Å². The van der Waals surface area contributed by atoms with Gasteiger partial charge in [-0.2, -0.15) is 10.4 Å². The van der Waals surface area contributed by atoms with Crippen molar-refractivity contribution >= 4 is 5.91 Å². The van der Waals surface area contributed by atoms with Crippen LogP contribution in [-0.4, -0.2) is 44.9 Å². The maximum absolute atomic E-state index is 13.0. The van der Waals surface area contributed by atoms with E-state index in [9.17, 15) is 4.79 Å². The third kappa shape index (κ3) is 4.18. The number of amides is 1. The molecule has 0 saturated carbocycles. The van der Waals surface area contributed by atoms with E-state index in [-0.39, 0.29) is 24.2 Å². The second-order valence-corrected chi connectivity index (χ2v) is 7.32. The molecule has 0 spiro atoms. The van der Waals surface area contributed by atoms with Gasteiger partial charge in [0.25, 0.3) is 5.91 Å². The molecule has 1 fully saturated rings. The van der Waals surface area contributed by atoms with Crippen LogP contribution in [-0.2, 0) is 6.61 Å². The first kappa shape index (κ1) is 19.7. The summed E-state index contributed by atoms with van der Waals surface area (Å²) >= 11 is 0. The van der Waals surface area contributed by atoms with Crippen molar-refractivity contribution in [3.63, 3.8) is 0 Å². The van der Waals surface area contributed by atoms with Crippen LogP contribution in [0.25, 0.3) is 5.69 Å². The van der Waals surface area contributed by atoms with E-state index in [0.29, 0.717) is 36.0 Å². The zero-order chi connectivity index (χ0) is 21.1. The van der Waals surface area contributed by atoms with Crippen molar-refractivity contribution in [2.24, 2.45) is 5.73 Å². The molecule has 154 valence electrons. The van der Waals surface area contributed by atoms with Gasteiger partial charge in [0.2, 0.25) is 5.88 Å². The maximum atomic E-state index is 13.0. The number of ether oxygens (including phenoxy) is 1. The number of carbonyl (C=O) groups is 1. The standard InChI is InChI=1S/C21H22N6O3/c1-14-9-18(30-25-14)13-29-20-10-19(21(28)26-8-2-3-16(23)12-26)24-27(20)17-6-4-15(11-22)5-7-17/h4-7,9-10,16H,2-3,8,12-13,23H2,1H3/t16-/m0/s1. The van der Waals surface area contributed by atoms with Crippen molar-refractivity contribution in [2.75, 3.05) is 13.1 Å². The molecule has 1 aliphatic heterocycles. The molecular formula is C21H22N6O3. The zero-order valence-electron chi connectivity index (χ0n) is 16.6. The molecule has 1 saturated heterocycles. The van der Waals surface area contributed by atoms with E-state index in [1.807, 2.05) is 6.92 Å². The number of hydrogen-bond acceptors (Lipinski definition) is 7. The predicted octanol–water partition coefficient (Wildman–Crippen LogP) is 2.18. The lowest BCUT2D eigenvalue weighted by molar-refractivity contribution is 0.0702. The zero-order valence-corrected chi connectivity index (χ0v) is 16.6. The van der Waals surface area contributed by atoms with Gasteiger partial charge in [-0.1, -0.05) is 5.16 Å². The van der Waals surface area contributed by atoms with E-state index in [4.69, 9.17) is 20.3 Å². The highest BCUT2D eigenvalue weighted by atomic mass is 16.5. The normalized spacial score (nSPS) is 16.3. The summed E-state index contributed by atoms with van der Waals surface area (Å²) in [5.41, 5.74) is 8.26. The molecule has 3 heterocycles. The third-order valence-electron chi connectivity index (χ3n) is 4.92. The van der Waals surface area contributed by atoms with Crippen molar-refractivity contribution in [1.29, 1.82) is 5.26 Å². The fourth-order valence-corrected chi connectivity index (χ4v) is 3.42. The Labute approximate surface area is 173 Å². The number of nitriles is 1. The van der Waals surface area contributed by atoms with Crippen molar-refractivity contribution in [3.8, 4) is 17.6 Å².